The van der Waals surface area contributed by atoms with E-state index in [1.807, 2.05) is 13.8 Å². The second-order valence-corrected chi connectivity index (χ2v) is 4.75. The Morgan fingerprint density at radius 3 is 2.65 bits per heavy atom. The van der Waals surface area contributed by atoms with Crippen LogP contribution in [0.2, 0.25) is 0 Å². The van der Waals surface area contributed by atoms with E-state index in [-0.39, 0.29) is 12.5 Å². The molecule has 6 nitrogen and oxygen atoms in total. The molecule has 1 rings (SSSR count). The number of hydrogen-bond acceptors (Lipinski definition) is 5. The van der Waals surface area contributed by atoms with Crippen LogP contribution < -0.4 is 5.32 Å². The highest BCUT2D eigenvalue weighted by molar-refractivity contribution is 5.81. The lowest BCUT2D eigenvalue weighted by Gasteiger charge is -2.17. The predicted molar refractivity (Wildman–Crippen MR) is 72.8 cm³/mol. The molecule has 0 spiro atoms. The smallest absolute Gasteiger partial charge is 0.408 e. The lowest BCUT2D eigenvalue weighted by atomic mass is 10.0. The largest absolute Gasteiger partial charge is 0.467 e. The number of hydrogen-bond donors (Lipinski definition) is 1. The highest BCUT2D eigenvalue weighted by Crippen LogP contribution is 2.07. The number of ether oxygens (including phenoxy) is 2. The number of carbonyl (C=O) groups excluding carboxylic acids is 2. The molecule has 1 aromatic rings. The van der Waals surface area contributed by atoms with Crippen molar-refractivity contribution in [3.8, 4) is 0 Å². The zero-order chi connectivity index (χ0) is 15.0. The van der Waals surface area contributed by atoms with Crippen LogP contribution in [0.1, 0.15) is 26.0 Å². The second kappa shape index (κ2) is 8.14. The maximum Gasteiger partial charge on any atom is 0.408 e. The van der Waals surface area contributed by atoms with Gasteiger partial charge in [0, 0.05) is 6.20 Å². The fourth-order valence-corrected chi connectivity index (χ4v) is 1.63. The van der Waals surface area contributed by atoms with Gasteiger partial charge in [0.1, 0.15) is 12.6 Å². The molecule has 0 bridgehead atoms. The topological polar surface area (TPSA) is 77.5 Å². The Bertz CT molecular complexity index is 434. The number of esters is 1. The van der Waals surface area contributed by atoms with Crippen LogP contribution in [0.5, 0.6) is 0 Å². The molecule has 110 valence electrons. The van der Waals surface area contributed by atoms with Gasteiger partial charge in [0.25, 0.3) is 0 Å². The number of methoxy groups -OCH3 is 1. The molecule has 1 aromatic heterocycles. The van der Waals surface area contributed by atoms with E-state index in [1.165, 1.54) is 7.11 Å². The van der Waals surface area contributed by atoms with Gasteiger partial charge in [-0.15, -0.1) is 0 Å². The summed E-state index contributed by atoms with van der Waals surface area (Å²) in [6.45, 7) is 3.97. The third kappa shape index (κ3) is 5.69. The van der Waals surface area contributed by atoms with Gasteiger partial charge in [0.2, 0.25) is 0 Å². The van der Waals surface area contributed by atoms with Gasteiger partial charge in [-0.25, -0.2) is 9.59 Å². The summed E-state index contributed by atoms with van der Waals surface area (Å²) in [7, 11) is 1.29. The standard InChI is InChI=1S/C14H20N2O4/c1-10(2)8-12(13(17)19-3)16-14(18)20-9-11-6-4-5-7-15-11/h4-7,10,12H,8-9H2,1-3H3,(H,16,18). The minimum atomic E-state index is -0.698. The van der Waals surface area contributed by atoms with E-state index in [0.29, 0.717) is 12.1 Å². The second-order valence-electron chi connectivity index (χ2n) is 4.75. The van der Waals surface area contributed by atoms with Crippen molar-refractivity contribution < 1.29 is 19.1 Å². The number of nitrogens with zero attached hydrogens (tertiary/aromatic N) is 1. The number of carbonyl (C=O) groups is 2. The quantitative estimate of drug-likeness (QED) is 0.805. The summed E-state index contributed by atoms with van der Waals surface area (Å²) in [5.74, 6) is -0.233. The van der Waals surface area contributed by atoms with E-state index in [4.69, 9.17) is 4.74 Å². The van der Waals surface area contributed by atoms with Gasteiger partial charge >= 0.3 is 12.1 Å². The van der Waals surface area contributed by atoms with Crippen LogP contribution in [-0.4, -0.2) is 30.2 Å². The van der Waals surface area contributed by atoms with E-state index in [2.05, 4.69) is 15.0 Å². The van der Waals surface area contributed by atoms with Crippen molar-refractivity contribution in [1.82, 2.24) is 10.3 Å². The van der Waals surface area contributed by atoms with Crippen LogP contribution >= 0.6 is 0 Å². The Morgan fingerprint density at radius 2 is 2.10 bits per heavy atom. The van der Waals surface area contributed by atoms with Crippen LogP contribution in [0.15, 0.2) is 24.4 Å². The average Bonchev–Trinajstić information content (AvgIpc) is 2.44. The first-order valence-corrected chi connectivity index (χ1v) is 6.44. The van der Waals surface area contributed by atoms with Gasteiger partial charge in [-0.05, 0) is 24.5 Å². The van der Waals surface area contributed by atoms with E-state index < -0.39 is 18.1 Å². The minimum absolute atomic E-state index is 0.0578. The van der Waals surface area contributed by atoms with Gasteiger partial charge in [0.15, 0.2) is 0 Å². The summed E-state index contributed by atoms with van der Waals surface area (Å²) in [6, 6.07) is 4.63. The van der Waals surface area contributed by atoms with Crippen molar-refractivity contribution >= 4 is 12.1 Å². The third-order valence-electron chi connectivity index (χ3n) is 2.56. The highest BCUT2D eigenvalue weighted by Gasteiger charge is 2.23. The summed E-state index contributed by atoms with van der Waals surface area (Å²) in [6.07, 6.45) is 1.45. The summed E-state index contributed by atoms with van der Waals surface area (Å²) in [5.41, 5.74) is 0.640. The summed E-state index contributed by atoms with van der Waals surface area (Å²) < 4.78 is 9.67. The predicted octanol–water partition coefficient (Wildman–Crippen LogP) is 1.90. The van der Waals surface area contributed by atoms with Crippen LogP contribution in [0.25, 0.3) is 0 Å². The zero-order valence-electron chi connectivity index (χ0n) is 12.0. The molecule has 1 amide bonds. The van der Waals surface area contributed by atoms with Gasteiger partial charge in [-0.2, -0.15) is 0 Å². The number of nitrogens with one attached hydrogen (secondary N) is 1. The van der Waals surface area contributed by atoms with Gasteiger partial charge in [0.05, 0.1) is 12.8 Å². The van der Waals surface area contributed by atoms with E-state index >= 15 is 0 Å². The van der Waals surface area contributed by atoms with Crippen molar-refractivity contribution in [2.24, 2.45) is 5.92 Å². The first-order valence-electron chi connectivity index (χ1n) is 6.44. The van der Waals surface area contributed by atoms with Gasteiger partial charge in [-0.1, -0.05) is 19.9 Å². The van der Waals surface area contributed by atoms with Crippen molar-refractivity contribution in [1.29, 1.82) is 0 Å². The summed E-state index contributed by atoms with van der Waals surface area (Å²) >= 11 is 0. The zero-order valence-corrected chi connectivity index (χ0v) is 12.0. The fourth-order valence-electron chi connectivity index (χ4n) is 1.63. The van der Waals surface area contributed by atoms with Crippen molar-refractivity contribution in [2.45, 2.75) is 32.9 Å². The lowest BCUT2D eigenvalue weighted by molar-refractivity contribution is -0.143. The van der Waals surface area contributed by atoms with E-state index in [9.17, 15) is 9.59 Å². The van der Waals surface area contributed by atoms with Crippen molar-refractivity contribution in [3.05, 3.63) is 30.1 Å². The number of rotatable bonds is 6. The molecular weight excluding hydrogens is 260 g/mol. The first kappa shape index (κ1) is 15.9. The van der Waals surface area contributed by atoms with Gasteiger partial charge < -0.3 is 14.8 Å². The maximum absolute atomic E-state index is 11.7. The third-order valence-corrected chi connectivity index (χ3v) is 2.56. The number of aromatic nitrogens is 1. The molecule has 0 aliphatic rings. The molecule has 1 N–H and O–H groups in total. The van der Waals surface area contributed by atoms with Crippen LogP contribution in [0.4, 0.5) is 4.79 Å². The molecule has 0 aliphatic heterocycles. The normalized spacial score (nSPS) is 11.8. The molecule has 6 heteroatoms. The lowest BCUT2D eigenvalue weighted by Crippen LogP contribution is -2.42. The molecule has 0 saturated heterocycles. The van der Waals surface area contributed by atoms with E-state index in [1.54, 1.807) is 24.4 Å². The molecule has 0 saturated carbocycles. The molecule has 20 heavy (non-hydrogen) atoms. The molecule has 0 fully saturated rings. The average molecular weight is 280 g/mol. The highest BCUT2D eigenvalue weighted by atomic mass is 16.6. The van der Waals surface area contributed by atoms with Crippen LogP contribution in [0, 0.1) is 5.92 Å². The molecular formula is C14H20N2O4. The molecule has 1 unspecified atom stereocenters. The Hall–Kier alpha value is -2.11. The first-order chi connectivity index (χ1) is 9.52. The number of amides is 1. The Morgan fingerprint density at radius 1 is 1.35 bits per heavy atom. The fraction of sp³-hybridized carbons (Fsp3) is 0.500. The summed E-state index contributed by atoms with van der Waals surface area (Å²) in [5, 5.41) is 2.51. The van der Waals surface area contributed by atoms with Crippen molar-refractivity contribution in [3.63, 3.8) is 0 Å². The Balaban J connectivity index is 2.47. The molecule has 0 aliphatic carbocycles. The molecule has 0 radical (unpaired) electrons. The van der Waals surface area contributed by atoms with Gasteiger partial charge in [-0.3, -0.25) is 4.98 Å². The minimum Gasteiger partial charge on any atom is -0.467 e. The van der Waals surface area contributed by atoms with Crippen LogP contribution in [0.3, 0.4) is 0 Å². The Kier molecular flexibility index (Phi) is 6.49. The molecule has 0 aromatic carbocycles. The molecule has 1 heterocycles. The van der Waals surface area contributed by atoms with Crippen LogP contribution in [-0.2, 0) is 20.9 Å². The molecule has 1 atom stereocenters. The SMILES string of the molecule is COC(=O)C(CC(C)C)NC(=O)OCc1ccccn1. The van der Waals surface area contributed by atoms with E-state index in [0.717, 1.165) is 0 Å². The Labute approximate surface area is 118 Å². The number of pyridine rings is 1. The number of alkyl carbamates (subject to hydrolysis) is 1. The monoisotopic (exact) mass is 280 g/mol. The van der Waals surface area contributed by atoms with Crippen molar-refractivity contribution in [2.75, 3.05) is 7.11 Å². The maximum atomic E-state index is 11.7. The summed E-state index contributed by atoms with van der Waals surface area (Å²) in [4.78, 5) is 27.2.